The molecule has 0 aliphatic carbocycles. The number of aromatic nitrogens is 2. The normalized spacial score (nSPS) is 11.8. The fraction of sp³-hybridized carbons (Fsp3) is 0. The Morgan fingerprint density at radius 3 is 1.94 bits per heavy atom. The van der Waals surface area contributed by atoms with E-state index in [0.29, 0.717) is 5.82 Å². The summed E-state index contributed by atoms with van der Waals surface area (Å²) in [5, 5.41) is 8.27. The van der Waals surface area contributed by atoms with E-state index < -0.39 is 0 Å². The third-order valence-corrected chi connectivity index (χ3v) is 11.5. The van der Waals surface area contributed by atoms with E-state index in [0.717, 1.165) is 65.5 Å². The summed E-state index contributed by atoms with van der Waals surface area (Å²) in [5.41, 5.74) is 10.2. The lowest BCUT2D eigenvalue weighted by Gasteiger charge is -2.12. The highest BCUT2D eigenvalue weighted by molar-refractivity contribution is 7.26. The largest absolute Gasteiger partial charge is 0.455 e. The SMILES string of the molecule is c1ccc(-c2nc(-c3cccc4oc5c(-c6ccc(-c7cc8ccccc8c8ccccc78)cc6)cccc5c34)nc3c2sc2ccccc23)cc1. The first-order valence-electron chi connectivity index (χ1n) is 17.5. The molecule has 11 aromatic rings. The van der Waals surface area contributed by atoms with E-state index in [-0.39, 0.29) is 0 Å². The van der Waals surface area contributed by atoms with Crippen molar-refractivity contribution in [2.24, 2.45) is 0 Å². The van der Waals surface area contributed by atoms with Crippen LogP contribution in [0, 0.1) is 0 Å². The second kappa shape index (κ2) is 11.5. The number of rotatable bonds is 4. The monoisotopic (exact) mass is 680 g/mol. The minimum absolute atomic E-state index is 0.695. The van der Waals surface area contributed by atoms with Crippen molar-refractivity contribution in [1.29, 1.82) is 0 Å². The average molecular weight is 681 g/mol. The molecule has 0 saturated heterocycles. The van der Waals surface area contributed by atoms with Crippen LogP contribution >= 0.6 is 11.3 Å². The van der Waals surface area contributed by atoms with Gasteiger partial charge in [0, 0.05) is 37.5 Å². The Bertz CT molecular complexity index is 3180. The smallest absolute Gasteiger partial charge is 0.161 e. The van der Waals surface area contributed by atoms with Gasteiger partial charge in [-0.05, 0) is 56.4 Å². The van der Waals surface area contributed by atoms with Crippen LogP contribution in [-0.4, -0.2) is 9.97 Å². The molecule has 0 aliphatic heterocycles. The van der Waals surface area contributed by atoms with E-state index in [2.05, 4.69) is 152 Å². The molecule has 0 radical (unpaired) electrons. The molecule has 0 atom stereocenters. The number of benzene rings is 8. The van der Waals surface area contributed by atoms with Gasteiger partial charge in [0.15, 0.2) is 5.82 Å². The number of furan rings is 1. The van der Waals surface area contributed by atoms with Gasteiger partial charge in [0.2, 0.25) is 0 Å². The summed E-state index contributed by atoms with van der Waals surface area (Å²) in [7, 11) is 0. The Balaban J connectivity index is 1.07. The predicted molar refractivity (Wildman–Crippen MR) is 219 cm³/mol. The van der Waals surface area contributed by atoms with Gasteiger partial charge in [-0.1, -0.05) is 152 Å². The summed E-state index contributed by atoms with van der Waals surface area (Å²) in [6.07, 6.45) is 0. The first kappa shape index (κ1) is 29.1. The zero-order valence-corrected chi connectivity index (χ0v) is 28.7. The van der Waals surface area contributed by atoms with Crippen LogP contribution in [0.1, 0.15) is 0 Å². The van der Waals surface area contributed by atoms with Gasteiger partial charge in [-0.15, -0.1) is 11.3 Å². The zero-order valence-electron chi connectivity index (χ0n) is 27.9. The van der Waals surface area contributed by atoms with Crippen LogP contribution in [0.5, 0.6) is 0 Å². The molecule has 0 amide bonds. The molecule has 3 nitrogen and oxygen atoms in total. The van der Waals surface area contributed by atoms with Gasteiger partial charge in [0.1, 0.15) is 11.2 Å². The third kappa shape index (κ3) is 4.45. The molecule has 0 aliphatic rings. The second-order valence-corrected chi connectivity index (χ2v) is 14.3. The summed E-state index contributed by atoms with van der Waals surface area (Å²) in [6, 6.07) is 60.1. The van der Waals surface area contributed by atoms with Crippen molar-refractivity contribution in [3.05, 3.63) is 170 Å². The van der Waals surface area contributed by atoms with Crippen molar-refractivity contribution >= 4 is 75.1 Å². The molecule has 4 heteroatoms. The van der Waals surface area contributed by atoms with Gasteiger partial charge in [-0.25, -0.2) is 9.97 Å². The van der Waals surface area contributed by atoms with Crippen LogP contribution in [0.25, 0.3) is 109 Å². The van der Waals surface area contributed by atoms with Gasteiger partial charge >= 0.3 is 0 Å². The van der Waals surface area contributed by atoms with Crippen LogP contribution < -0.4 is 0 Å². The number of thiophene rings is 1. The Morgan fingerprint density at radius 2 is 1.10 bits per heavy atom. The molecule has 0 N–H and O–H groups in total. The molecular weight excluding hydrogens is 653 g/mol. The number of hydrogen-bond donors (Lipinski definition) is 0. The van der Waals surface area contributed by atoms with Crippen LogP contribution in [0.2, 0.25) is 0 Å². The minimum Gasteiger partial charge on any atom is -0.455 e. The van der Waals surface area contributed by atoms with Crippen LogP contribution in [0.3, 0.4) is 0 Å². The van der Waals surface area contributed by atoms with Crippen molar-refractivity contribution < 1.29 is 4.42 Å². The fourth-order valence-electron chi connectivity index (χ4n) is 7.89. The zero-order chi connectivity index (χ0) is 34.2. The van der Waals surface area contributed by atoms with Gasteiger partial charge in [0.25, 0.3) is 0 Å². The van der Waals surface area contributed by atoms with Crippen molar-refractivity contribution in [2.75, 3.05) is 0 Å². The molecule has 3 heterocycles. The lowest BCUT2D eigenvalue weighted by Crippen LogP contribution is -1.94. The van der Waals surface area contributed by atoms with Gasteiger partial charge in [0.05, 0.1) is 15.9 Å². The van der Waals surface area contributed by atoms with Crippen molar-refractivity contribution in [2.45, 2.75) is 0 Å². The predicted octanol–water partition coefficient (Wildman–Crippen LogP) is 13.7. The summed E-state index contributed by atoms with van der Waals surface area (Å²) in [5.74, 6) is 0.695. The summed E-state index contributed by atoms with van der Waals surface area (Å²) >= 11 is 1.75. The quantitative estimate of drug-likeness (QED) is 0.174. The fourth-order valence-corrected chi connectivity index (χ4v) is 9.04. The number of nitrogens with zero attached hydrogens (tertiary/aromatic N) is 2. The van der Waals surface area contributed by atoms with E-state index in [1.165, 1.54) is 37.4 Å². The standard InChI is InChI=1S/C48H28N2OS/c1-2-12-31(13-3-1)44-47-45(37-18-8-9-23-42(37)52-47)50-48(49-44)39-21-11-22-41-43(39)38-20-10-19-34(46(38)51-41)29-24-26-30(27-25-29)40-28-32-14-4-5-15-33(32)35-16-6-7-17-36(35)40/h1-28H. The maximum atomic E-state index is 6.72. The van der Waals surface area contributed by atoms with Crippen LogP contribution in [0.4, 0.5) is 0 Å². The van der Waals surface area contributed by atoms with E-state index in [1.54, 1.807) is 11.3 Å². The molecule has 0 unspecified atom stereocenters. The topological polar surface area (TPSA) is 38.9 Å². The van der Waals surface area contributed by atoms with Gasteiger partial charge in [-0.3, -0.25) is 0 Å². The molecule has 11 rings (SSSR count). The second-order valence-electron chi connectivity index (χ2n) is 13.3. The highest BCUT2D eigenvalue weighted by atomic mass is 32.1. The molecule has 0 fully saturated rings. The molecule has 0 bridgehead atoms. The first-order valence-corrected chi connectivity index (χ1v) is 18.3. The Hall–Kier alpha value is -6.62. The Morgan fingerprint density at radius 1 is 0.442 bits per heavy atom. The molecule has 52 heavy (non-hydrogen) atoms. The number of fused-ring (bicyclic) bond motifs is 9. The highest BCUT2D eigenvalue weighted by Crippen LogP contribution is 2.44. The van der Waals surface area contributed by atoms with Crippen molar-refractivity contribution in [1.82, 2.24) is 9.97 Å². The van der Waals surface area contributed by atoms with E-state index in [9.17, 15) is 0 Å². The van der Waals surface area contributed by atoms with Crippen molar-refractivity contribution in [3.8, 4) is 44.9 Å². The molecule has 3 aromatic heterocycles. The van der Waals surface area contributed by atoms with Gasteiger partial charge in [-0.2, -0.15) is 0 Å². The lowest BCUT2D eigenvalue weighted by atomic mass is 9.92. The highest BCUT2D eigenvalue weighted by Gasteiger charge is 2.21. The van der Waals surface area contributed by atoms with Gasteiger partial charge < -0.3 is 4.42 Å². The maximum absolute atomic E-state index is 6.72. The number of para-hydroxylation sites is 1. The third-order valence-electron chi connectivity index (χ3n) is 10.3. The average Bonchev–Trinajstić information content (AvgIpc) is 3.79. The first-order chi connectivity index (χ1) is 25.8. The van der Waals surface area contributed by atoms with E-state index in [1.807, 2.05) is 18.2 Å². The molecule has 0 saturated carbocycles. The number of hydrogen-bond acceptors (Lipinski definition) is 4. The molecule has 8 aromatic carbocycles. The van der Waals surface area contributed by atoms with Crippen LogP contribution in [-0.2, 0) is 0 Å². The summed E-state index contributed by atoms with van der Waals surface area (Å²) < 4.78 is 9.03. The summed E-state index contributed by atoms with van der Waals surface area (Å²) in [6.45, 7) is 0. The Kier molecular flexibility index (Phi) is 6.42. The van der Waals surface area contributed by atoms with E-state index >= 15 is 0 Å². The molecule has 0 spiro atoms. The molecule has 242 valence electrons. The lowest BCUT2D eigenvalue weighted by molar-refractivity contribution is 0.670. The maximum Gasteiger partial charge on any atom is 0.161 e. The van der Waals surface area contributed by atoms with Crippen molar-refractivity contribution in [3.63, 3.8) is 0 Å². The summed E-state index contributed by atoms with van der Waals surface area (Å²) in [4.78, 5) is 10.6. The Labute approximate surface area is 303 Å². The minimum atomic E-state index is 0.695. The van der Waals surface area contributed by atoms with Crippen LogP contribution in [0.15, 0.2) is 174 Å². The van der Waals surface area contributed by atoms with E-state index in [4.69, 9.17) is 14.4 Å². The molecular formula is C48H28N2OS.